The SMILES string of the molecule is O=C(O)Cc1cccc(C2CCCN(S(=O)(=O)c3ccc(Cl)cc3Cl)C2)c1. The molecule has 0 bridgehead atoms. The molecule has 1 fully saturated rings. The quantitative estimate of drug-likeness (QED) is 0.775. The van der Waals surface area contributed by atoms with E-state index in [1.165, 1.54) is 22.5 Å². The molecule has 1 unspecified atom stereocenters. The van der Waals surface area contributed by atoms with Gasteiger partial charge in [-0.2, -0.15) is 4.31 Å². The van der Waals surface area contributed by atoms with Gasteiger partial charge in [0.1, 0.15) is 4.90 Å². The van der Waals surface area contributed by atoms with Crippen molar-refractivity contribution < 1.29 is 18.3 Å². The molecule has 2 aromatic carbocycles. The Morgan fingerprint density at radius 1 is 1.19 bits per heavy atom. The Morgan fingerprint density at radius 3 is 2.67 bits per heavy atom. The minimum Gasteiger partial charge on any atom is -0.481 e. The number of sulfonamides is 1. The average molecular weight is 428 g/mol. The van der Waals surface area contributed by atoms with E-state index in [4.69, 9.17) is 28.3 Å². The summed E-state index contributed by atoms with van der Waals surface area (Å²) in [5.74, 6) is -0.884. The number of nitrogens with zero attached hydrogens (tertiary/aromatic N) is 1. The molecule has 0 amide bonds. The van der Waals surface area contributed by atoms with Crippen LogP contribution in [0.4, 0.5) is 0 Å². The highest BCUT2D eigenvalue weighted by molar-refractivity contribution is 7.89. The molecule has 2 aromatic rings. The van der Waals surface area contributed by atoms with Crippen LogP contribution in [0.2, 0.25) is 10.0 Å². The molecule has 5 nitrogen and oxygen atoms in total. The fourth-order valence-corrected chi connectivity index (χ4v) is 5.66. The zero-order chi connectivity index (χ0) is 19.6. The van der Waals surface area contributed by atoms with Crippen molar-refractivity contribution in [2.24, 2.45) is 0 Å². The number of hydrogen-bond acceptors (Lipinski definition) is 3. The number of carbonyl (C=O) groups is 1. The molecule has 1 aliphatic heterocycles. The number of aliphatic carboxylic acids is 1. The van der Waals surface area contributed by atoms with E-state index in [2.05, 4.69) is 0 Å². The Kier molecular flexibility index (Phi) is 6.11. The first-order valence-electron chi connectivity index (χ1n) is 8.53. The molecule has 1 saturated heterocycles. The van der Waals surface area contributed by atoms with Gasteiger partial charge in [-0.05, 0) is 48.1 Å². The van der Waals surface area contributed by atoms with Gasteiger partial charge in [0.05, 0.1) is 11.4 Å². The summed E-state index contributed by atoms with van der Waals surface area (Å²) in [6.07, 6.45) is 1.51. The van der Waals surface area contributed by atoms with Gasteiger partial charge in [-0.25, -0.2) is 8.42 Å². The molecular weight excluding hydrogens is 409 g/mol. The Balaban J connectivity index is 1.84. The summed E-state index contributed by atoms with van der Waals surface area (Å²) < 4.78 is 27.5. The van der Waals surface area contributed by atoms with Gasteiger partial charge >= 0.3 is 5.97 Å². The van der Waals surface area contributed by atoms with Crippen LogP contribution in [-0.4, -0.2) is 36.9 Å². The zero-order valence-corrected chi connectivity index (χ0v) is 16.8. The van der Waals surface area contributed by atoms with Crippen molar-refractivity contribution in [1.82, 2.24) is 4.31 Å². The Bertz CT molecular complexity index is 962. The van der Waals surface area contributed by atoms with E-state index in [1.807, 2.05) is 18.2 Å². The monoisotopic (exact) mass is 427 g/mol. The topological polar surface area (TPSA) is 74.7 Å². The van der Waals surface area contributed by atoms with Crippen molar-refractivity contribution in [2.45, 2.75) is 30.1 Å². The van der Waals surface area contributed by atoms with E-state index in [0.29, 0.717) is 23.7 Å². The van der Waals surface area contributed by atoms with Gasteiger partial charge in [0.2, 0.25) is 10.0 Å². The summed E-state index contributed by atoms with van der Waals surface area (Å²) >= 11 is 12.0. The lowest BCUT2D eigenvalue weighted by Crippen LogP contribution is -2.39. The number of halogens is 2. The second-order valence-corrected chi connectivity index (χ2v) is 9.34. The first kappa shape index (κ1) is 20.1. The summed E-state index contributed by atoms with van der Waals surface area (Å²) in [5, 5.41) is 9.46. The number of benzene rings is 2. The molecule has 144 valence electrons. The molecular formula is C19H19Cl2NO4S. The highest BCUT2D eigenvalue weighted by Gasteiger charge is 2.32. The fourth-order valence-electron chi connectivity index (χ4n) is 3.39. The molecule has 3 rings (SSSR count). The third-order valence-corrected chi connectivity index (χ3v) is 7.26. The summed E-state index contributed by atoms with van der Waals surface area (Å²) in [6.45, 7) is 0.754. The molecule has 0 aliphatic carbocycles. The van der Waals surface area contributed by atoms with Crippen LogP contribution in [0.15, 0.2) is 47.4 Å². The lowest BCUT2D eigenvalue weighted by atomic mass is 9.90. The Hall–Kier alpha value is -1.60. The second-order valence-electron chi connectivity index (χ2n) is 6.59. The number of hydrogen-bond donors (Lipinski definition) is 1. The maximum atomic E-state index is 13.0. The van der Waals surface area contributed by atoms with Gasteiger partial charge in [0.25, 0.3) is 0 Å². The van der Waals surface area contributed by atoms with Crippen LogP contribution in [0.1, 0.15) is 29.9 Å². The molecule has 1 atom stereocenters. The smallest absolute Gasteiger partial charge is 0.307 e. The normalized spacial score (nSPS) is 18.4. The van der Waals surface area contributed by atoms with Crippen LogP contribution in [0.5, 0.6) is 0 Å². The van der Waals surface area contributed by atoms with Gasteiger partial charge in [0.15, 0.2) is 0 Å². The maximum absolute atomic E-state index is 13.0. The van der Waals surface area contributed by atoms with E-state index in [0.717, 1.165) is 18.4 Å². The number of carboxylic acids is 1. The minimum atomic E-state index is -3.73. The number of carboxylic acid groups (broad SMARTS) is 1. The predicted octanol–water partition coefficient (Wildman–Crippen LogP) is 4.19. The van der Waals surface area contributed by atoms with Crippen molar-refractivity contribution in [2.75, 3.05) is 13.1 Å². The van der Waals surface area contributed by atoms with E-state index in [-0.39, 0.29) is 22.3 Å². The van der Waals surface area contributed by atoms with Crippen molar-refractivity contribution in [3.63, 3.8) is 0 Å². The molecule has 0 spiro atoms. The van der Waals surface area contributed by atoms with Crippen molar-refractivity contribution in [1.29, 1.82) is 0 Å². The average Bonchev–Trinajstić information content (AvgIpc) is 2.61. The van der Waals surface area contributed by atoms with E-state index >= 15 is 0 Å². The lowest BCUT2D eigenvalue weighted by molar-refractivity contribution is -0.136. The van der Waals surface area contributed by atoms with Gasteiger partial charge in [-0.15, -0.1) is 0 Å². The first-order chi connectivity index (χ1) is 12.8. The van der Waals surface area contributed by atoms with Gasteiger partial charge < -0.3 is 5.11 Å². The van der Waals surface area contributed by atoms with Crippen LogP contribution in [0.25, 0.3) is 0 Å². The van der Waals surface area contributed by atoms with Crippen LogP contribution >= 0.6 is 23.2 Å². The highest BCUT2D eigenvalue weighted by Crippen LogP contribution is 2.33. The van der Waals surface area contributed by atoms with Crippen LogP contribution < -0.4 is 0 Å². The molecule has 27 heavy (non-hydrogen) atoms. The van der Waals surface area contributed by atoms with Crippen LogP contribution in [0.3, 0.4) is 0 Å². The molecule has 8 heteroatoms. The van der Waals surface area contributed by atoms with Gasteiger partial charge in [-0.3, -0.25) is 4.79 Å². The van der Waals surface area contributed by atoms with Crippen LogP contribution in [-0.2, 0) is 21.2 Å². The summed E-state index contributed by atoms with van der Waals surface area (Å²) in [7, 11) is -3.73. The fraction of sp³-hybridized carbons (Fsp3) is 0.316. The maximum Gasteiger partial charge on any atom is 0.307 e. The van der Waals surface area contributed by atoms with E-state index in [1.54, 1.807) is 6.07 Å². The largest absolute Gasteiger partial charge is 0.481 e. The second kappa shape index (κ2) is 8.19. The number of piperidine rings is 1. The molecule has 0 aromatic heterocycles. The Labute approximate surface area is 168 Å². The molecule has 0 radical (unpaired) electrons. The van der Waals surface area contributed by atoms with Gasteiger partial charge in [-0.1, -0.05) is 47.5 Å². The van der Waals surface area contributed by atoms with Gasteiger partial charge in [0, 0.05) is 18.1 Å². The number of rotatable bonds is 5. The van der Waals surface area contributed by atoms with Crippen LogP contribution in [0, 0.1) is 0 Å². The highest BCUT2D eigenvalue weighted by atomic mass is 35.5. The molecule has 0 saturated carbocycles. The molecule has 1 N–H and O–H groups in total. The Morgan fingerprint density at radius 2 is 1.96 bits per heavy atom. The summed E-state index contributed by atoms with van der Waals surface area (Å²) in [4.78, 5) is 11.0. The van der Waals surface area contributed by atoms with Crippen molar-refractivity contribution in [3.05, 3.63) is 63.6 Å². The van der Waals surface area contributed by atoms with E-state index in [9.17, 15) is 13.2 Å². The first-order valence-corrected chi connectivity index (χ1v) is 10.7. The van der Waals surface area contributed by atoms with Crippen molar-refractivity contribution >= 4 is 39.2 Å². The molecule has 1 aliphatic rings. The summed E-state index contributed by atoms with van der Waals surface area (Å²) in [5.41, 5.74) is 1.66. The minimum absolute atomic E-state index is 0.00773. The van der Waals surface area contributed by atoms with E-state index < -0.39 is 16.0 Å². The molecule has 1 heterocycles. The zero-order valence-electron chi connectivity index (χ0n) is 14.4. The third kappa shape index (κ3) is 4.63. The lowest BCUT2D eigenvalue weighted by Gasteiger charge is -2.32. The third-order valence-electron chi connectivity index (χ3n) is 4.67. The summed E-state index contributed by atoms with van der Waals surface area (Å²) in [6, 6.07) is 11.7. The van der Waals surface area contributed by atoms with Crippen molar-refractivity contribution in [3.8, 4) is 0 Å². The predicted molar refractivity (Wildman–Crippen MR) is 105 cm³/mol. The standard InChI is InChI=1S/C19H19Cl2NO4S/c20-16-6-7-18(17(21)11-16)27(25,26)22-8-2-5-15(12-22)14-4-1-3-13(9-14)10-19(23)24/h1,3-4,6-7,9,11,15H,2,5,8,10,12H2,(H,23,24).